The zero-order chi connectivity index (χ0) is 17.6. The number of thioether (sulfide) groups is 1. The molecule has 4 nitrogen and oxygen atoms in total. The molecule has 2 heterocycles. The Morgan fingerprint density at radius 1 is 1.28 bits per heavy atom. The molecule has 25 heavy (non-hydrogen) atoms. The molecule has 0 unspecified atom stereocenters. The van der Waals surface area contributed by atoms with E-state index in [0.29, 0.717) is 5.92 Å². The van der Waals surface area contributed by atoms with Crippen LogP contribution in [0.2, 0.25) is 0 Å². The quantitative estimate of drug-likeness (QED) is 0.572. The Kier molecular flexibility index (Phi) is 6.32. The number of allylic oxidation sites excluding steroid dienone is 1. The predicted molar refractivity (Wildman–Crippen MR) is 105 cm³/mol. The highest BCUT2D eigenvalue weighted by Gasteiger charge is 2.25. The van der Waals surface area contributed by atoms with Crippen LogP contribution in [-0.4, -0.2) is 39.3 Å². The Hall–Kier alpha value is -1.59. The zero-order valence-corrected chi connectivity index (χ0v) is 16.3. The van der Waals surface area contributed by atoms with Crippen LogP contribution in [0.25, 0.3) is 0 Å². The summed E-state index contributed by atoms with van der Waals surface area (Å²) < 4.78 is 2.20. The Bertz CT molecular complexity index is 708. The number of hydrogen-bond donors (Lipinski definition) is 0. The third kappa shape index (κ3) is 4.73. The van der Waals surface area contributed by atoms with Gasteiger partial charge in [0.2, 0.25) is 0 Å². The van der Waals surface area contributed by atoms with E-state index in [0.717, 1.165) is 29.8 Å². The number of aromatic nitrogens is 3. The smallest absolute Gasteiger partial charge is 0.191 e. The molecule has 0 bridgehead atoms. The normalized spacial score (nSPS) is 19.3. The van der Waals surface area contributed by atoms with Crippen molar-refractivity contribution in [3.63, 3.8) is 0 Å². The van der Waals surface area contributed by atoms with Gasteiger partial charge in [0.25, 0.3) is 0 Å². The van der Waals surface area contributed by atoms with Crippen molar-refractivity contribution in [1.82, 2.24) is 19.7 Å². The van der Waals surface area contributed by atoms with E-state index in [4.69, 9.17) is 0 Å². The molecule has 0 radical (unpaired) electrons. The molecule has 0 aliphatic carbocycles. The molecule has 0 N–H and O–H groups in total. The number of piperidine rings is 1. The van der Waals surface area contributed by atoms with Gasteiger partial charge in [-0.25, -0.2) is 0 Å². The molecule has 1 atom stereocenters. The van der Waals surface area contributed by atoms with Crippen molar-refractivity contribution in [3.05, 3.63) is 53.4 Å². The average molecular weight is 357 g/mol. The molecule has 3 rings (SSSR count). The molecule has 0 spiro atoms. The topological polar surface area (TPSA) is 34.0 Å². The summed E-state index contributed by atoms with van der Waals surface area (Å²) in [7, 11) is 2.11. The molecule has 1 aromatic carbocycles. The van der Waals surface area contributed by atoms with E-state index in [1.165, 1.54) is 30.5 Å². The average Bonchev–Trinajstić information content (AvgIpc) is 3.01. The highest BCUT2D eigenvalue weighted by molar-refractivity contribution is 7.98. The molecule has 1 aromatic heterocycles. The fourth-order valence-corrected chi connectivity index (χ4v) is 4.26. The van der Waals surface area contributed by atoms with Crippen molar-refractivity contribution in [2.75, 3.05) is 19.6 Å². The molecule has 0 saturated carbocycles. The maximum Gasteiger partial charge on any atom is 0.191 e. The fourth-order valence-electron chi connectivity index (χ4n) is 3.38. The summed E-state index contributed by atoms with van der Waals surface area (Å²) in [5.74, 6) is 2.56. The third-order valence-electron chi connectivity index (χ3n) is 4.92. The van der Waals surface area contributed by atoms with Crippen molar-refractivity contribution in [3.8, 4) is 0 Å². The van der Waals surface area contributed by atoms with Crippen LogP contribution in [0.3, 0.4) is 0 Å². The summed E-state index contributed by atoms with van der Waals surface area (Å²) in [5, 5.41) is 10.0. The summed E-state index contributed by atoms with van der Waals surface area (Å²) in [6.07, 6.45) is 4.66. The summed E-state index contributed by atoms with van der Waals surface area (Å²) in [6.45, 7) is 7.68. The van der Waals surface area contributed by atoms with Crippen molar-refractivity contribution in [2.24, 2.45) is 7.05 Å². The van der Waals surface area contributed by atoms with E-state index in [-0.39, 0.29) is 0 Å². The van der Waals surface area contributed by atoms with Gasteiger partial charge in [-0.1, -0.05) is 53.7 Å². The van der Waals surface area contributed by atoms with Crippen LogP contribution >= 0.6 is 11.8 Å². The summed E-state index contributed by atoms with van der Waals surface area (Å²) in [4.78, 5) is 2.55. The monoisotopic (exact) mass is 356 g/mol. The highest BCUT2D eigenvalue weighted by atomic mass is 32.2. The SMILES string of the molecule is C/C=C(\C)CN1CCC[C@H](c2nnc(SCc3ccccc3)n2C)C1. The van der Waals surface area contributed by atoms with Crippen LogP contribution in [0, 0.1) is 0 Å². The lowest BCUT2D eigenvalue weighted by Gasteiger charge is -2.32. The van der Waals surface area contributed by atoms with E-state index < -0.39 is 0 Å². The summed E-state index contributed by atoms with van der Waals surface area (Å²) >= 11 is 1.77. The molecule has 0 amide bonds. The molecular weight excluding hydrogens is 328 g/mol. The molecule has 1 aliphatic heterocycles. The molecular formula is C20H28N4S. The van der Waals surface area contributed by atoms with Gasteiger partial charge in [0, 0.05) is 31.8 Å². The van der Waals surface area contributed by atoms with Crippen LogP contribution in [0.4, 0.5) is 0 Å². The molecule has 5 heteroatoms. The summed E-state index contributed by atoms with van der Waals surface area (Å²) in [5.41, 5.74) is 2.76. The van der Waals surface area contributed by atoms with Gasteiger partial charge in [-0.2, -0.15) is 0 Å². The molecule has 1 aliphatic rings. The first-order valence-corrected chi connectivity index (χ1v) is 10.1. The second kappa shape index (κ2) is 8.68. The number of hydrogen-bond acceptors (Lipinski definition) is 4. The van der Waals surface area contributed by atoms with E-state index in [1.807, 2.05) is 0 Å². The van der Waals surface area contributed by atoms with Gasteiger partial charge >= 0.3 is 0 Å². The van der Waals surface area contributed by atoms with Gasteiger partial charge in [-0.3, -0.25) is 4.90 Å². The number of benzene rings is 1. The molecule has 1 saturated heterocycles. The lowest BCUT2D eigenvalue weighted by Crippen LogP contribution is -2.36. The maximum atomic E-state index is 4.54. The minimum atomic E-state index is 0.488. The second-order valence-corrected chi connectivity index (χ2v) is 7.83. The van der Waals surface area contributed by atoms with Gasteiger partial charge in [0.1, 0.15) is 5.82 Å². The van der Waals surface area contributed by atoms with Crippen LogP contribution in [-0.2, 0) is 12.8 Å². The van der Waals surface area contributed by atoms with Crippen LogP contribution in [0.5, 0.6) is 0 Å². The van der Waals surface area contributed by atoms with Crippen molar-refractivity contribution >= 4 is 11.8 Å². The Balaban J connectivity index is 1.64. The van der Waals surface area contributed by atoms with Gasteiger partial charge < -0.3 is 4.57 Å². The minimum absolute atomic E-state index is 0.488. The van der Waals surface area contributed by atoms with Gasteiger partial charge in [0.05, 0.1) is 0 Å². The van der Waals surface area contributed by atoms with Crippen molar-refractivity contribution in [1.29, 1.82) is 0 Å². The predicted octanol–water partition coefficient (Wildman–Crippen LogP) is 4.25. The van der Waals surface area contributed by atoms with Gasteiger partial charge in [0.15, 0.2) is 5.16 Å². The Morgan fingerprint density at radius 2 is 2.08 bits per heavy atom. The van der Waals surface area contributed by atoms with Gasteiger partial charge in [-0.15, -0.1) is 10.2 Å². The standard InChI is InChI=1S/C20H28N4S/c1-4-16(2)13-24-12-8-11-18(14-24)19-21-22-20(23(19)3)25-15-17-9-6-5-7-10-17/h4-7,9-10,18H,8,11-15H2,1-3H3/b16-4+/t18-/m0/s1. The first-order valence-electron chi connectivity index (χ1n) is 9.07. The summed E-state index contributed by atoms with van der Waals surface area (Å²) in [6, 6.07) is 10.5. The van der Waals surface area contributed by atoms with E-state index in [1.54, 1.807) is 11.8 Å². The Labute approximate surface area is 155 Å². The van der Waals surface area contributed by atoms with E-state index >= 15 is 0 Å². The molecule has 134 valence electrons. The lowest BCUT2D eigenvalue weighted by molar-refractivity contribution is 0.217. The molecule has 1 fully saturated rings. The van der Waals surface area contributed by atoms with Crippen molar-refractivity contribution in [2.45, 2.75) is 43.5 Å². The third-order valence-corrected chi connectivity index (χ3v) is 6.01. The number of nitrogens with zero attached hydrogens (tertiary/aromatic N) is 4. The zero-order valence-electron chi connectivity index (χ0n) is 15.5. The van der Waals surface area contributed by atoms with Crippen LogP contribution in [0.1, 0.15) is 44.0 Å². The lowest BCUT2D eigenvalue weighted by atomic mass is 9.97. The highest BCUT2D eigenvalue weighted by Crippen LogP contribution is 2.29. The number of likely N-dealkylation sites (tertiary alicyclic amines) is 1. The number of rotatable bonds is 6. The van der Waals surface area contributed by atoms with E-state index in [2.05, 4.69) is 77.0 Å². The molecule has 2 aromatic rings. The first-order chi connectivity index (χ1) is 12.2. The maximum absolute atomic E-state index is 4.54. The van der Waals surface area contributed by atoms with Crippen LogP contribution < -0.4 is 0 Å². The fraction of sp³-hybridized carbons (Fsp3) is 0.500. The first kappa shape index (κ1) is 18.2. The van der Waals surface area contributed by atoms with E-state index in [9.17, 15) is 0 Å². The largest absolute Gasteiger partial charge is 0.309 e. The second-order valence-electron chi connectivity index (χ2n) is 6.88. The van der Waals surface area contributed by atoms with Crippen LogP contribution in [0.15, 0.2) is 47.1 Å². The Morgan fingerprint density at radius 3 is 2.84 bits per heavy atom. The van der Waals surface area contributed by atoms with Gasteiger partial charge in [-0.05, 0) is 38.8 Å². The van der Waals surface area contributed by atoms with Crippen molar-refractivity contribution < 1.29 is 0 Å². The minimum Gasteiger partial charge on any atom is -0.309 e.